The number of nitrogens with zero attached hydrogens (tertiary/aromatic N) is 4. The molecule has 34 heavy (non-hydrogen) atoms. The van der Waals surface area contributed by atoms with Gasteiger partial charge in [-0.25, -0.2) is 9.48 Å². The van der Waals surface area contributed by atoms with Crippen LogP contribution in [0.25, 0.3) is 16.6 Å². The Morgan fingerprint density at radius 1 is 1.15 bits per heavy atom. The summed E-state index contributed by atoms with van der Waals surface area (Å²) >= 11 is 0. The number of hydrogen-bond donors (Lipinski definition) is 1. The third kappa shape index (κ3) is 4.52. The number of ether oxygens (including phenoxy) is 2. The van der Waals surface area contributed by atoms with E-state index in [0.29, 0.717) is 36.8 Å². The molecule has 1 N–H and O–H groups in total. The second-order valence-electron chi connectivity index (χ2n) is 9.83. The molecule has 0 spiro atoms. The normalized spacial score (nSPS) is 16.9. The van der Waals surface area contributed by atoms with Crippen LogP contribution in [0, 0.1) is 0 Å². The van der Waals surface area contributed by atoms with Gasteiger partial charge in [-0.2, -0.15) is 5.10 Å². The number of methoxy groups -OCH3 is 1. The largest absolute Gasteiger partial charge is 0.497 e. The zero-order valence-electron chi connectivity index (χ0n) is 20.3. The molecule has 1 amide bonds. The summed E-state index contributed by atoms with van der Waals surface area (Å²) in [5, 5.41) is 16.3. The van der Waals surface area contributed by atoms with Gasteiger partial charge in [0.1, 0.15) is 11.4 Å². The molecule has 9 nitrogen and oxygen atoms in total. The van der Waals surface area contributed by atoms with Crippen molar-refractivity contribution < 1.29 is 19.4 Å². The van der Waals surface area contributed by atoms with Crippen LogP contribution in [0.3, 0.4) is 0 Å². The Bertz CT molecular complexity index is 1230. The maximum atomic E-state index is 13.3. The smallest absolute Gasteiger partial charge is 0.410 e. The van der Waals surface area contributed by atoms with E-state index in [9.17, 15) is 14.7 Å². The van der Waals surface area contributed by atoms with Crippen molar-refractivity contribution in [3.05, 3.63) is 53.1 Å². The minimum Gasteiger partial charge on any atom is -0.497 e. The van der Waals surface area contributed by atoms with Crippen molar-refractivity contribution in [3.63, 3.8) is 0 Å². The molecule has 1 aromatic carbocycles. The first-order valence-electron chi connectivity index (χ1n) is 11.5. The van der Waals surface area contributed by atoms with Crippen molar-refractivity contribution in [2.75, 3.05) is 20.2 Å². The molecular formula is C25H32N4O5. The molecule has 1 aliphatic heterocycles. The fraction of sp³-hybridized carbons (Fsp3) is 0.480. The quantitative estimate of drug-likeness (QED) is 0.629. The van der Waals surface area contributed by atoms with E-state index in [0.717, 1.165) is 11.4 Å². The predicted molar refractivity (Wildman–Crippen MR) is 129 cm³/mol. The minimum atomic E-state index is -1.12. The Hall–Kier alpha value is -3.33. The molecular weight excluding hydrogens is 436 g/mol. The fourth-order valence-corrected chi connectivity index (χ4v) is 4.35. The number of likely N-dealkylation sites (tertiary alicyclic amines) is 1. The third-order valence-corrected chi connectivity index (χ3v) is 6.46. The van der Waals surface area contributed by atoms with E-state index in [1.54, 1.807) is 33.7 Å². The van der Waals surface area contributed by atoms with Crippen molar-refractivity contribution in [2.45, 2.75) is 57.8 Å². The highest BCUT2D eigenvalue weighted by atomic mass is 16.6. The van der Waals surface area contributed by atoms with Crippen molar-refractivity contribution in [1.82, 2.24) is 19.2 Å². The van der Waals surface area contributed by atoms with Crippen LogP contribution < -0.4 is 10.3 Å². The zero-order valence-corrected chi connectivity index (χ0v) is 20.3. The van der Waals surface area contributed by atoms with Gasteiger partial charge in [-0.1, -0.05) is 0 Å². The predicted octanol–water partition coefficient (Wildman–Crippen LogP) is 3.52. The average Bonchev–Trinajstić information content (AvgIpc) is 3.23. The lowest BCUT2D eigenvalue weighted by Gasteiger charge is -2.42. The second kappa shape index (κ2) is 8.79. The minimum absolute atomic E-state index is 0.215. The van der Waals surface area contributed by atoms with Crippen LogP contribution in [0.15, 0.2) is 47.5 Å². The molecule has 2 aromatic heterocycles. The average molecular weight is 469 g/mol. The Kier molecular flexibility index (Phi) is 6.16. The number of rotatable bonds is 4. The number of aromatic nitrogens is 3. The van der Waals surface area contributed by atoms with Crippen molar-refractivity contribution >= 4 is 17.0 Å². The first kappa shape index (κ1) is 23.8. The van der Waals surface area contributed by atoms with Crippen LogP contribution in [-0.4, -0.2) is 61.8 Å². The number of piperidine rings is 1. The number of carbonyl (C=O) groups excluding carboxylic acids is 1. The van der Waals surface area contributed by atoms with Crippen LogP contribution in [0.1, 0.15) is 46.6 Å². The summed E-state index contributed by atoms with van der Waals surface area (Å²) in [6.45, 7) is 8.04. The number of aliphatic hydroxyl groups is 1. The summed E-state index contributed by atoms with van der Waals surface area (Å²) in [7, 11) is 1.61. The maximum absolute atomic E-state index is 13.3. The van der Waals surface area contributed by atoms with Gasteiger partial charge >= 0.3 is 6.09 Å². The van der Waals surface area contributed by atoms with E-state index in [1.165, 1.54) is 0 Å². The summed E-state index contributed by atoms with van der Waals surface area (Å²) in [4.78, 5) is 27.3. The lowest BCUT2D eigenvalue weighted by atomic mass is 9.85. The number of amides is 1. The van der Waals surface area contributed by atoms with Gasteiger partial charge in [0.25, 0.3) is 5.56 Å². The van der Waals surface area contributed by atoms with Gasteiger partial charge in [0, 0.05) is 19.3 Å². The molecule has 1 saturated heterocycles. The molecule has 4 rings (SSSR count). The van der Waals surface area contributed by atoms with Gasteiger partial charge in [0.2, 0.25) is 0 Å². The van der Waals surface area contributed by atoms with Gasteiger partial charge in [-0.05, 0) is 70.9 Å². The molecule has 1 unspecified atom stereocenters. The summed E-state index contributed by atoms with van der Waals surface area (Å²) in [5.74, 6) is 0.738. The van der Waals surface area contributed by atoms with E-state index in [4.69, 9.17) is 9.47 Å². The van der Waals surface area contributed by atoms with Gasteiger partial charge in [0.05, 0.1) is 41.5 Å². The molecule has 1 aliphatic rings. The SMILES string of the molecule is COc1ccc(-n2ncc3c(=O)n(C(C)C4(O)CCN(C(=O)OC(C)(C)C)CC4)ccc32)cc1. The fourth-order valence-electron chi connectivity index (χ4n) is 4.35. The lowest BCUT2D eigenvalue weighted by Crippen LogP contribution is -2.52. The highest BCUT2D eigenvalue weighted by Crippen LogP contribution is 2.33. The van der Waals surface area contributed by atoms with Crippen LogP contribution in [-0.2, 0) is 4.74 Å². The Labute approximate surface area is 198 Å². The summed E-state index contributed by atoms with van der Waals surface area (Å²) < 4.78 is 13.9. The highest BCUT2D eigenvalue weighted by Gasteiger charge is 2.40. The standard InChI is InChI=1S/C25H32N4O5/c1-17(25(32)11-14-27(15-12-25)23(31)34-24(2,3)4)28-13-10-21-20(22(28)30)16-26-29(21)18-6-8-19(33-5)9-7-18/h6-10,13,16-17,32H,11-12,14-15H2,1-5H3. The van der Waals surface area contributed by atoms with E-state index in [-0.39, 0.29) is 11.7 Å². The van der Waals surface area contributed by atoms with E-state index in [1.807, 2.05) is 58.0 Å². The first-order chi connectivity index (χ1) is 16.0. The molecule has 0 aliphatic carbocycles. The monoisotopic (exact) mass is 468 g/mol. The van der Waals surface area contributed by atoms with Gasteiger partial charge in [-0.3, -0.25) is 4.79 Å². The van der Waals surface area contributed by atoms with E-state index < -0.39 is 17.2 Å². The maximum Gasteiger partial charge on any atom is 0.410 e. The topological polar surface area (TPSA) is 98.8 Å². The molecule has 1 atom stereocenters. The third-order valence-electron chi connectivity index (χ3n) is 6.46. The Morgan fingerprint density at radius 3 is 2.38 bits per heavy atom. The number of pyridine rings is 1. The van der Waals surface area contributed by atoms with Gasteiger partial charge < -0.3 is 24.0 Å². The molecule has 0 bridgehead atoms. The van der Waals surface area contributed by atoms with Crippen molar-refractivity contribution in [1.29, 1.82) is 0 Å². The number of hydrogen-bond acceptors (Lipinski definition) is 6. The lowest BCUT2D eigenvalue weighted by molar-refractivity contribution is -0.0605. The number of benzene rings is 1. The Morgan fingerprint density at radius 2 is 1.79 bits per heavy atom. The summed E-state index contributed by atoms with van der Waals surface area (Å²) in [6.07, 6.45) is 3.58. The van der Waals surface area contributed by atoms with Crippen LogP contribution in [0.5, 0.6) is 5.75 Å². The van der Waals surface area contributed by atoms with Crippen LogP contribution in [0.2, 0.25) is 0 Å². The first-order valence-corrected chi connectivity index (χ1v) is 11.5. The molecule has 3 heterocycles. The zero-order chi connectivity index (χ0) is 24.7. The van der Waals surface area contributed by atoms with Crippen LogP contribution in [0.4, 0.5) is 4.79 Å². The molecule has 9 heteroatoms. The number of carbonyl (C=O) groups is 1. The van der Waals surface area contributed by atoms with E-state index in [2.05, 4.69) is 5.10 Å². The number of fused-ring (bicyclic) bond motifs is 1. The van der Waals surface area contributed by atoms with Gasteiger partial charge in [-0.15, -0.1) is 0 Å². The molecule has 0 saturated carbocycles. The second-order valence-corrected chi connectivity index (χ2v) is 9.83. The molecule has 0 radical (unpaired) electrons. The molecule has 1 fully saturated rings. The van der Waals surface area contributed by atoms with Crippen molar-refractivity contribution in [3.8, 4) is 11.4 Å². The van der Waals surface area contributed by atoms with E-state index >= 15 is 0 Å². The molecule has 182 valence electrons. The molecule has 3 aromatic rings. The summed E-state index contributed by atoms with van der Waals surface area (Å²) in [5.41, 5.74) is -0.411. The highest BCUT2D eigenvalue weighted by molar-refractivity contribution is 5.79. The van der Waals surface area contributed by atoms with Gasteiger partial charge in [0.15, 0.2) is 0 Å². The van der Waals surface area contributed by atoms with Crippen LogP contribution >= 0.6 is 0 Å². The summed E-state index contributed by atoms with van der Waals surface area (Å²) in [6, 6.07) is 8.79. The Balaban J connectivity index is 1.55. The van der Waals surface area contributed by atoms with Crippen molar-refractivity contribution in [2.24, 2.45) is 0 Å².